The number of likely N-dealkylation sites (tertiary alicyclic amines) is 1. The van der Waals surface area contributed by atoms with Crippen molar-refractivity contribution in [1.82, 2.24) is 15.5 Å². The summed E-state index contributed by atoms with van der Waals surface area (Å²) in [6, 6.07) is 9.31. The van der Waals surface area contributed by atoms with Gasteiger partial charge in [-0.05, 0) is 49.2 Å². The smallest absolute Gasteiger partial charge is 0.321 e. The molecule has 1 atom stereocenters. The molecule has 1 saturated heterocycles. The number of halogens is 1. The van der Waals surface area contributed by atoms with Crippen LogP contribution in [0.1, 0.15) is 30.2 Å². The molecule has 2 aromatic rings. The van der Waals surface area contributed by atoms with E-state index in [-0.39, 0.29) is 30.9 Å². The number of urea groups is 1. The fraction of sp³-hybridized carbons (Fsp3) is 0.333. The van der Waals surface area contributed by atoms with Crippen molar-refractivity contribution in [3.63, 3.8) is 0 Å². The number of nitrogens with zero attached hydrogens (tertiary/aromatic N) is 1. The second-order valence-corrected chi connectivity index (χ2v) is 5.99. The van der Waals surface area contributed by atoms with E-state index in [2.05, 4.69) is 10.6 Å². The molecule has 1 aliphatic rings. The quantitative estimate of drug-likeness (QED) is 0.873. The molecule has 132 valence electrons. The minimum Gasteiger partial charge on any atom is -0.467 e. The molecule has 0 radical (unpaired) electrons. The first kappa shape index (κ1) is 17.2. The van der Waals surface area contributed by atoms with Crippen LogP contribution in [0.2, 0.25) is 0 Å². The maximum Gasteiger partial charge on any atom is 0.321 e. The summed E-state index contributed by atoms with van der Waals surface area (Å²) in [6.45, 7) is 1.10. The highest BCUT2D eigenvalue weighted by molar-refractivity contribution is 5.95. The van der Waals surface area contributed by atoms with Crippen molar-refractivity contribution in [3.8, 4) is 0 Å². The summed E-state index contributed by atoms with van der Waals surface area (Å²) in [5.41, 5.74) is 0.981. The van der Waals surface area contributed by atoms with Crippen LogP contribution in [0.25, 0.3) is 0 Å². The van der Waals surface area contributed by atoms with Gasteiger partial charge in [-0.3, -0.25) is 15.0 Å². The highest BCUT2D eigenvalue weighted by Gasteiger charge is 2.27. The number of benzene rings is 1. The van der Waals surface area contributed by atoms with E-state index in [1.165, 1.54) is 18.4 Å². The first-order valence-corrected chi connectivity index (χ1v) is 8.21. The summed E-state index contributed by atoms with van der Waals surface area (Å²) in [5, 5.41) is 4.88. The monoisotopic (exact) mass is 345 g/mol. The third-order valence-corrected chi connectivity index (χ3v) is 4.22. The Bertz CT molecular complexity index is 716. The number of rotatable bonds is 5. The average molecular weight is 345 g/mol. The molecule has 0 spiro atoms. The van der Waals surface area contributed by atoms with Crippen LogP contribution >= 0.6 is 0 Å². The normalized spacial score (nSPS) is 17.4. The van der Waals surface area contributed by atoms with Crippen molar-refractivity contribution in [2.45, 2.75) is 25.4 Å². The van der Waals surface area contributed by atoms with Crippen LogP contribution in [-0.4, -0.2) is 29.9 Å². The highest BCUT2D eigenvalue weighted by atomic mass is 19.1. The number of nitrogens with one attached hydrogen (secondary N) is 2. The van der Waals surface area contributed by atoms with Gasteiger partial charge < -0.3 is 9.73 Å². The molecule has 1 fully saturated rings. The zero-order valence-electron chi connectivity index (χ0n) is 13.7. The van der Waals surface area contributed by atoms with Crippen LogP contribution in [0.3, 0.4) is 0 Å². The number of carbonyl (C=O) groups excluding carboxylic acids is 2. The van der Waals surface area contributed by atoms with Crippen molar-refractivity contribution < 1.29 is 18.4 Å². The van der Waals surface area contributed by atoms with Gasteiger partial charge >= 0.3 is 6.03 Å². The molecule has 0 saturated carbocycles. The molecular formula is C18H20FN3O3. The van der Waals surface area contributed by atoms with Crippen LogP contribution in [0.4, 0.5) is 9.18 Å². The van der Waals surface area contributed by atoms with Crippen LogP contribution in [0.15, 0.2) is 47.1 Å². The fourth-order valence-corrected chi connectivity index (χ4v) is 3.05. The molecule has 6 nitrogen and oxygen atoms in total. The second-order valence-electron chi connectivity index (χ2n) is 5.99. The molecule has 0 bridgehead atoms. The highest BCUT2D eigenvalue weighted by Crippen LogP contribution is 2.31. The summed E-state index contributed by atoms with van der Waals surface area (Å²) in [5.74, 6) is -0.0382. The predicted octanol–water partition coefficient (Wildman–Crippen LogP) is 2.58. The van der Waals surface area contributed by atoms with Gasteiger partial charge in [0.25, 0.3) is 0 Å². The molecule has 0 unspecified atom stereocenters. The van der Waals surface area contributed by atoms with Gasteiger partial charge in [0, 0.05) is 6.04 Å². The molecule has 1 aromatic heterocycles. The van der Waals surface area contributed by atoms with Crippen LogP contribution < -0.4 is 10.6 Å². The number of carbonyl (C=O) groups is 2. The van der Waals surface area contributed by atoms with E-state index in [9.17, 15) is 14.0 Å². The first-order valence-electron chi connectivity index (χ1n) is 8.21. The maximum atomic E-state index is 13.1. The molecule has 1 aliphatic heterocycles. The lowest BCUT2D eigenvalue weighted by atomic mass is 10.0. The Labute approximate surface area is 145 Å². The summed E-state index contributed by atoms with van der Waals surface area (Å²) >= 11 is 0. The molecule has 2 heterocycles. The van der Waals surface area contributed by atoms with E-state index in [1.54, 1.807) is 24.3 Å². The van der Waals surface area contributed by atoms with E-state index >= 15 is 0 Å². The molecular weight excluding hydrogens is 325 g/mol. The number of hydrogen-bond acceptors (Lipinski definition) is 4. The Morgan fingerprint density at radius 1 is 1.24 bits per heavy atom. The SMILES string of the molecule is O=C(CN1CCC[C@@H]1c1ccc(F)cc1)NC(=O)NCc1ccco1. The maximum absolute atomic E-state index is 13.1. The van der Waals surface area contributed by atoms with Crippen molar-refractivity contribution in [1.29, 1.82) is 0 Å². The summed E-state index contributed by atoms with van der Waals surface area (Å²) in [6.07, 6.45) is 3.38. The standard InChI is InChI=1S/C18H20FN3O3/c19-14-7-5-13(6-8-14)16-4-1-9-22(16)12-17(23)21-18(24)20-11-15-3-2-10-25-15/h2-3,5-8,10,16H,1,4,9,11-12H2,(H2,20,21,23,24)/t16-/m1/s1. The zero-order chi connectivity index (χ0) is 17.6. The summed E-state index contributed by atoms with van der Waals surface area (Å²) in [4.78, 5) is 25.9. The molecule has 2 N–H and O–H groups in total. The van der Waals surface area contributed by atoms with Crippen molar-refractivity contribution in [2.75, 3.05) is 13.1 Å². The number of amides is 3. The first-order chi connectivity index (χ1) is 12.1. The largest absolute Gasteiger partial charge is 0.467 e. The summed E-state index contributed by atoms with van der Waals surface area (Å²) in [7, 11) is 0. The van der Waals surface area contributed by atoms with Gasteiger partial charge in [0.2, 0.25) is 5.91 Å². The predicted molar refractivity (Wildman–Crippen MR) is 89.0 cm³/mol. The van der Waals surface area contributed by atoms with E-state index in [1.807, 2.05) is 4.90 Å². The van der Waals surface area contributed by atoms with Gasteiger partial charge in [0.05, 0.1) is 19.4 Å². The molecule has 0 aliphatic carbocycles. The van der Waals surface area contributed by atoms with E-state index in [4.69, 9.17) is 4.42 Å². The lowest BCUT2D eigenvalue weighted by Gasteiger charge is -2.24. The molecule has 1 aromatic carbocycles. The third-order valence-electron chi connectivity index (χ3n) is 4.22. The summed E-state index contributed by atoms with van der Waals surface area (Å²) < 4.78 is 18.2. The number of furan rings is 1. The van der Waals surface area contributed by atoms with E-state index in [0.717, 1.165) is 24.9 Å². The van der Waals surface area contributed by atoms with Gasteiger partial charge in [-0.2, -0.15) is 0 Å². The molecule has 25 heavy (non-hydrogen) atoms. The molecule has 7 heteroatoms. The Kier molecular flexibility index (Phi) is 5.45. The second kappa shape index (κ2) is 7.94. The average Bonchev–Trinajstić information content (AvgIpc) is 3.25. The van der Waals surface area contributed by atoms with Crippen molar-refractivity contribution in [3.05, 3.63) is 59.8 Å². The number of hydrogen-bond donors (Lipinski definition) is 2. The Morgan fingerprint density at radius 2 is 2.04 bits per heavy atom. The topological polar surface area (TPSA) is 74.6 Å². The Morgan fingerprint density at radius 3 is 2.76 bits per heavy atom. The zero-order valence-corrected chi connectivity index (χ0v) is 13.7. The minimum atomic E-state index is -0.557. The van der Waals surface area contributed by atoms with Crippen molar-refractivity contribution in [2.24, 2.45) is 0 Å². The van der Waals surface area contributed by atoms with Crippen LogP contribution in [-0.2, 0) is 11.3 Å². The molecule has 3 amide bonds. The fourth-order valence-electron chi connectivity index (χ4n) is 3.05. The van der Waals surface area contributed by atoms with Gasteiger partial charge in [-0.15, -0.1) is 0 Å². The molecule has 3 rings (SSSR count). The van der Waals surface area contributed by atoms with E-state index in [0.29, 0.717) is 5.76 Å². The number of imide groups is 1. The van der Waals surface area contributed by atoms with Crippen molar-refractivity contribution >= 4 is 11.9 Å². The van der Waals surface area contributed by atoms with Gasteiger partial charge in [-0.25, -0.2) is 9.18 Å². The van der Waals surface area contributed by atoms with Crippen LogP contribution in [0, 0.1) is 5.82 Å². The minimum absolute atomic E-state index is 0.0672. The lowest BCUT2D eigenvalue weighted by Crippen LogP contribution is -2.44. The Balaban J connectivity index is 1.49. The Hall–Kier alpha value is -2.67. The van der Waals surface area contributed by atoms with Gasteiger partial charge in [0.15, 0.2) is 0 Å². The van der Waals surface area contributed by atoms with Crippen LogP contribution in [0.5, 0.6) is 0 Å². The van der Waals surface area contributed by atoms with E-state index < -0.39 is 6.03 Å². The van der Waals surface area contributed by atoms with Gasteiger partial charge in [0.1, 0.15) is 11.6 Å². The van der Waals surface area contributed by atoms with Gasteiger partial charge in [-0.1, -0.05) is 12.1 Å². The lowest BCUT2D eigenvalue weighted by molar-refractivity contribution is -0.121. The third kappa shape index (κ3) is 4.67.